The van der Waals surface area contributed by atoms with Crippen LogP contribution in [0.5, 0.6) is 0 Å². The molecule has 34 heavy (non-hydrogen) atoms. The van der Waals surface area contributed by atoms with Crippen molar-refractivity contribution in [3.63, 3.8) is 0 Å². The van der Waals surface area contributed by atoms with Crippen molar-refractivity contribution in [1.29, 1.82) is 0 Å². The third-order valence-electron chi connectivity index (χ3n) is 6.75. The fraction of sp³-hybridized carbons (Fsp3) is 0.429. The SMILES string of the molecule is CCCN1C/C(=C\c2ccc(N(C)C)cc2)C2=NN(C(C)=O)[C@@H](c3ccc(N(C)C)cc3)[C@@H]2C1. The van der Waals surface area contributed by atoms with E-state index in [1.54, 1.807) is 11.9 Å². The highest BCUT2D eigenvalue weighted by Gasteiger charge is 2.44. The van der Waals surface area contributed by atoms with Crippen LogP contribution in [0.15, 0.2) is 59.2 Å². The zero-order valence-corrected chi connectivity index (χ0v) is 21.3. The summed E-state index contributed by atoms with van der Waals surface area (Å²) in [6, 6.07) is 17.1. The number of carbonyl (C=O) groups is 1. The number of hydrogen-bond donors (Lipinski definition) is 0. The van der Waals surface area contributed by atoms with Crippen LogP contribution in [-0.4, -0.2) is 69.4 Å². The molecule has 2 aliphatic heterocycles. The van der Waals surface area contributed by atoms with Crippen molar-refractivity contribution in [3.05, 3.63) is 65.2 Å². The average molecular weight is 460 g/mol. The number of amides is 1. The summed E-state index contributed by atoms with van der Waals surface area (Å²) in [5.41, 5.74) is 6.89. The van der Waals surface area contributed by atoms with Gasteiger partial charge in [-0.05, 0) is 60.0 Å². The van der Waals surface area contributed by atoms with Gasteiger partial charge in [-0.2, -0.15) is 5.10 Å². The highest BCUT2D eigenvalue weighted by molar-refractivity contribution is 6.08. The summed E-state index contributed by atoms with van der Waals surface area (Å²) in [4.78, 5) is 19.4. The fourth-order valence-corrected chi connectivity index (χ4v) is 5.01. The summed E-state index contributed by atoms with van der Waals surface area (Å²) >= 11 is 0. The van der Waals surface area contributed by atoms with Crippen molar-refractivity contribution in [2.45, 2.75) is 26.3 Å². The Hall–Kier alpha value is -3.12. The molecule has 2 heterocycles. The average Bonchev–Trinajstić information content (AvgIpc) is 3.20. The molecule has 2 aliphatic rings. The van der Waals surface area contributed by atoms with Gasteiger partial charge in [0.2, 0.25) is 5.91 Å². The molecule has 2 aromatic carbocycles. The van der Waals surface area contributed by atoms with Gasteiger partial charge in [-0.15, -0.1) is 0 Å². The van der Waals surface area contributed by atoms with Crippen molar-refractivity contribution in [2.75, 3.05) is 57.6 Å². The Labute approximate surface area is 204 Å². The maximum absolute atomic E-state index is 12.7. The second-order valence-corrected chi connectivity index (χ2v) is 9.78. The third kappa shape index (κ3) is 4.87. The lowest BCUT2D eigenvalue weighted by Gasteiger charge is -2.36. The zero-order chi connectivity index (χ0) is 24.4. The zero-order valence-electron chi connectivity index (χ0n) is 21.3. The molecule has 1 saturated heterocycles. The lowest BCUT2D eigenvalue weighted by Crippen LogP contribution is -2.44. The standard InChI is InChI=1S/C28H37N5O/c1-7-16-32-18-23(17-21-8-12-24(13-9-21)30(3)4)27-26(19-32)28(33(29-27)20(2)34)22-10-14-25(15-11-22)31(5)6/h8-15,17,26,28H,7,16,18-19H2,1-6H3/b23-17+/t26-,28+/m1/s1. The first-order chi connectivity index (χ1) is 16.3. The first kappa shape index (κ1) is 24.0. The number of anilines is 2. The fourth-order valence-electron chi connectivity index (χ4n) is 5.01. The summed E-state index contributed by atoms with van der Waals surface area (Å²) in [6.45, 7) is 6.65. The molecule has 0 unspecified atom stereocenters. The maximum Gasteiger partial charge on any atom is 0.240 e. The third-order valence-corrected chi connectivity index (χ3v) is 6.75. The van der Waals surface area contributed by atoms with Gasteiger partial charge < -0.3 is 9.80 Å². The molecule has 2 aromatic rings. The Balaban J connectivity index is 1.72. The topological polar surface area (TPSA) is 42.4 Å². The van der Waals surface area contributed by atoms with Crippen LogP contribution in [0.25, 0.3) is 6.08 Å². The Morgan fingerprint density at radius 3 is 2.12 bits per heavy atom. The summed E-state index contributed by atoms with van der Waals surface area (Å²) in [6.07, 6.45) is 3.35. The van der Waals surface area contributed by atoms with Gasteiger partial charge in [-0.3, -0.25) is 9.69 Å². The summed E-state index contributed by atoms with van der Waals surface area (Å²) in [5.74, 6) is 0.141. The number of hydrazone groups is 1. The van der Waals surface area contributed by atoms with Crippen LogP contribution in [0, 0.1) is 5.92 Å². The summed E-state index contributed by atoms with van der Waals surface area (Å²) < 4.78 is 0. The maximum atomic E-state index is 12.7. The number of hydrogen-bond acceptors (Lipinski definition) is 5. The van der Waals surface area contributed by atoms with Crippen LogP contribution < -0.4 is 9.80 Å². The van der Waals surface area contributed by atoms with Crippen molar-refractivity contribution in [1.82, 2.24) is 9.91 Å². The lowest BCUT2D eigenvalue weighted by molar-refractivity contribution is -0.131. The second kappa shape index (κ2) is 10.0. The Kier molecular flexibility index (Phi) is 7.08. The van der Waals surface area contributed by atoms with E-state index < -0.39 is 0 Å². The van der Waals surface area contributed by atoms with E-state index in [0.29, 0.717) is 0 Å². The van der Waals surface area contributed by atoms with Gasteiger partial charge in [0, 0.05) is 65.5 Å². The monoisotopic (exact) mass is 459 g/mol. The quantitative estimate of drug-likeness (QED) is 0.638. The van der Waals surface area contributed by atoms with Crippen molar-refractivity contribution >= 4 is 29.1 Å². The van der Waals surface area contributed by atoms with E-state index in [-0.39, 0.29) is 17.9 Å². The predicted molar refractivity (Wildman–Crippen MR) is 142 cm³/mol. The first-order valence-electron chi connectivity index (χ1n) is 12.1. The molecular weight excluding hydrogens is 422 g/mol. The molecule has 0 aliphatic carbocycles. The molecule has 0 N–H and O–H groups in total. The van der Waals surface area contributed by atoms with Gasteiger partial charge in [0.15, 0.2) is 0 Å². The predicted octanol–water partition coefficient (Wildman–Crippen LogP) is 4.50. The van der Waals surface area contributed by atoms with E-state index in [9.17, 15) is 4.79 Å². The molecular formula is C28H37N5O. The van der Waals surface area contributed by atoms with Gasteiger partial charge >= 0.3 is 0 Å². The molecule has 2 atom stereocenters. The molecule has 6 nitrogen and oxygen atoms in total. The number of rotatable bonds is 6. The van der Waals surface area contributed by atoms with E-state index in [1.165, 1.54) is 11.3 Å². The Morgan fingerprint density at radius 1 is 1.00 bits per heavy atom. The molecule has 1 fully saturated rings. The van der Waals surface area contributed by atoms with Gasteiger partial charge in [-0.1, -0.05) is 31.2 Å². The number of piperidine rings is 1. The highest BCUT2D eigenvalue weighted by atomic mass is 16.2. The molecule has 1 amide bonds. The molecule has 0 bridgehead atoms. The minimum absolute atomic E-state index is 0.0136. The molecule has 0 aromatic heterocycles. The number of fused-ring (bicyclic) bond motifs is 1. The normalized spacial score (nSPS) is 21.4. The van der Waals surface area contributed by atoms with Crippen LogP contribution in [0.4, 0.5) is 11.4 Å². The van der Waals surface area contributed by atoms with Crippen molar-refractivity contribution in [3.8, 4) is 0 Å². The Bertz CT molecular complexity index is 1070. The van der Waals surface area contributed by atoms with Gasteiger partial charge in [-0.25, -0.2) is 5.01 Å². The summed E-state index contributed by atoms with van der Waals surface area (Å²) in [7, 11) is 8.19. The van der Waals surface area contributed by atoms with E-state index in [4.69, 9.17) is 5.10 Å². The molecule has 0 spiro atoms. The van der Waals surface area contributed by atoms with Crippen LogP contribution in [-0.2, 0) is 4.79 Å². The molecule has 4 rings (SSSR count). The van der Waals surface area contributed by atoms with E-state index in [1.807, 2.05) is 14.1 Å². The molecule has 180 valence electrons. The first-order valence-corrected chi connectivity index (χ1v) is 12.1. The van der Waals surface area contributed by atoms with E-state index in [2.05, 4.69) is 90.3 Å². The van der Waals surface area contributed by atoms with E-state index >= 15 is 0 Å². The number of carbonyl (C=O) groups excluding carboxylic acids is 1. The van der Waals surface area contributed by atoms with Crippen LogP contribution in [0.1, 0.15) is 37.4 Å². The molecule has 0 saturated carbocycles. The van der Waals surface area contributed by atoms with Crippen LogP contribution >= 0.6 is 0 Å². The van der Waals surface area contributed by atoms with E-state index in [0.717, 1.165) is 48.6 Å². The van der Waals surface area contributed by atoms with Gasteiger partial charge in [0.1, 0.15) is 0 Å². The van der Waals surface area contributed by atoms with Gasteiger partial charge in [0.25, 0.3) is 0 Å². The van der Waals surface area contributed by atoms with Crippen LogP contribution in [0.3, 0.4) is 0 Å². The smallest absolute Gasteiger partial charge is 0.240 e. The number of nitrogens with zero attached hydrogens (tertiary/aromatic N) is 5. The molecule has 0 radical (unpaired) electrons. The van der Waals surface area contributed by atoms with Crippen molar-refractivity contribution in [2.24, 2.45) is 11.0 Å². The molecule has 6 heteroatoms. The lowest BCUT2D eigenvalue weighted by atomic mass is 9.83. The number of likely N-dealkylation sites (tertiary alicyclic amines) is 1. The Morgan fingerprint density at radius 2 is 1.59 bits per heavy atom. The van der Waals surface area contributed by atoms with Crippen LogP contribution in [0.2, 0.25) is 0 Å². The van der Waals surface area contributed by atoms with Crippen molar-refractivity contribution < 1.29 is 4.79 Å². The van der Waals surface area contributed by atoms with Gasteiger partial charge in [0.05, 0.1) is 11.8 Å². The number of benzene rings is 2. The highest BCUT2D eigenvalue weighted by Crippen LogP contribution is 2.41. The largest absolute Gasteiger partial charge is 0.378 e. The summed E-state index contributed by atoms with van der Waals surface area (Å²) in [5, 5.41) is 6.64. The minimum atomic E-state index is -0.0807. The second-order valence-electron chi connectivity index (χ2n) is 9.78. The minimum Gasteiger partial charge on any atom is -0.378 e.